The van der Waals surface area contributed by atoms with Gasteiger partial charge in [-0.1, -0.05) is 23.9 Å². The van der Waals surface area contributed by atoms with Gasteiger partial charge in [0.1, 0.15) is 5.84 Å². The fourth-order valence-electron chi connectivity index (χ4n) is 2.55. The molecule has 0 unspecified atom stereocenters. The van der Waals surface area contributed by atoms with Gasteiger partial charge in [0.15, 0.2) is 0 Å². The van der Waals surface area contributed by atoms with Crippen LogP contribution in [0.15, 0.2) is 39.8 Å². The van der Waals surface area contributed by atoms with E-state index in [1.54, 1.807) is 16.7 Å². The molecule has 2 N–H and O–H groups in total. The quantitative estimate of drug-likeness (QED) is 0.825. The van der Waals surface area contributed by atoms with Gasteiger partial charge < -0.3 is 5.32 Å². The van der Waals surface area contributed by atoms with Crippen LogP contribution in [0.3, 0.4) is 0 Å². The zero-order valence-corrected chi connectivity index (χ0v) is 11.1. The molecule has 0 atom stereocenters. The molecule has 3 aliphatic rings. The predicted molar refractivity (Wildman–Crippen MR) is 75.2 cm³/mol. The van der Waals surface area contributed by atoms with Crippen molar-refractivity contribution < 1.29 is 4.79 Å². The molecule has 96 valence electrons. The number of nitrogens with one attached hydrogen (secondary N) is 2. The molecular formula is C14H13N3OS. The van der Waals surface area contributed by atoms with Gasteiger partial charge in [-0.25, -0.2) is 0 Å². The van der Waals surface area contributed by atoms with Crippen molar-refractivity contribution in [1.29, 1.82) is 5.41 Å². The van der Waals surface area contributed by atoms with Crippen molar-refractivity contribution in [3.8, 4) is 0 Å². The largest absolute Gasteiger partial charge is 0.349 e. The number of likely N-dealkylation sites (tertiary alicyclic amines) is 1. The maximum Gasteiger partial charge on any atom is 0.233 e. The molecule has 0 bridgehead atoms. The van der Waals surface area contributed by atoms with Crippen LogP contribution < -0.4 is 5.32 Å². The number of amidine groups is 1. The summed E-state index contributed by atoms with van der Waals surface area (Å²) in [5.74, 6) is 0.476. The summed E-state index contributed by atoms with van der Waals surface area (Å²) in [7, 11) is 0. The van der Waals surface area contributed by atoms with E-state index in [1.165, 1.54) is 0 Å². The topological polar surface area (TPSA) is 56.2 Å². The minimum atomic E-state index is 0.0772. The van der Waals surface area contributed by atoms with E-state index in [0.29, 0.717) is 12.3 Å². The summed E-state index contributed by atoms with van der Waals surface area (Å²) in [6.45, 7) is 0. The highest BCUT2D eigenvalue weighted by Crippen LogP contribution is 2.44. The third-order valence-electron chi connectivity index (χ3n) is 3.66. The fourth-order valence-corrected chi connectivity index (χ4v) is 3.60. The standard InChI is InChI=1S/C14H13N3OS/c15-13-9(7-12(18)17(13)8-5-6-8)14-16-10-3-1-2-4-11(10)19-14/h1-4,8,15-16H,5-7H2/b14-9-,15-13?. The number of hydrogen-bond acceptors (Lipinski definition) is 4. The molecule has 0 spiro atoms. The first-order chi connectivity index (χ1) is 9.24. The summed E-state index contributed by atoms with van der Waals surface area (Å²) in [6, 6.07) is 8.35. The molecule has 4 nitrogen and oxygen atoms in total. The lowest BCUT2D eigenvalue weighted by Crippen LogP contribution is -2.31. The molecule has 1 aromatic rings. The minimum absolute atomic E-state index is 0.0772. The Morgan fingerprint density at radius 3 is 2.84 bits per heavy atom. The van der Waals surface area contributed by atoms with Crippen molar-refractivity contribution in [2.75, 3.05) is 5.32 Å². The Kier molecular flexibility index (Phi) is 2.26. The Bertz CT molecular complexity index is 606. The Labute approximate surface area is 115 Å². The van der Waals surface area contributed by atoms with Crippen molar-refractivity contribution in [2.24, 2.45) is 0 Å². The van der Waals surface area contributed by atoms with E-state index >= 15 is 0 Å². The Morgan fingerprint density at radius 2 is 2.11 bits per heavy atom. The van der Waals surface area contributed by atoms with Crippen LogP contribution in [0.5, 0.6) is 0 Å². The normalized spacial score (nSPS) is 25.8. The number of carbonyl (C=O) groups is 1. The number of carbonyl (C=O) groups excluding carboxylic acids is 1. The number of benzene rings is 1. The molecular weight excluding hydrogens is 258 g/mol. The maximum absolute atomic E-state index is 12.0. The number of amides is 1. The van der Waals surface area contributed by atoms with Crippen LogP contribution in [0.4, 0.5) is 5.69 Å². The number of anilines is 1. The molecule has 1 saturated carbocycles. The van der Waals surface area contributed by atoms with Gasteiger partial charge in [0, 0.05) is 16.5 Å². The lowest BCUT2D eigenvalue weighted by Gasteiger charge is -2.14. The molecule has 1 aromatic carbocycles. The molecule has 5 heteroatoms. The highest BCUT2D eigenvalue weighted by molar-refractivity contribution is 8.03. The highest BCUT2D eigenvalue weighted by atomic mass is 32.2. The smallest absolute Gasteiger partial charge is 0.233 e. The molecule has 2 heterocycles. The van der Waals surface area contributed by atoms with Crippen LogP contribution in [0.2, 0.25) is 0 Å². The number of nitrogens with zero attached hydrogens (tertiary/aromatic N) is 1. The van der Waals surface area contributed by atoms with E-state index in [-0.39, 0.29) is 11.9 Å². The van der Waals surface area contributed by atoms with Crippen LogP contribution in [0.25, 0.3) is 0 Å². The van der Waals surface area contributed by atoms with Crippen molar-refractivity contribution >= 4 is 29.2 Å². The van der Waals surface area contributed by atoms with Crippen LogP contribution in [-0.4, -0.2) is 22.7 Å². The van der Waals surface area contributed by atoms with Gasteiger partial charge in [0.25, 0.3) is 0 Å². The van der Waals surface area contributed by atoms with Crippen molar-refractivity contribution in [2.45, 2.75) is 30.2 Å². The first kappa shape index (κ1) is 11.1. The van der Waals surface area contributed by atoms with Gasteiger partial charge in [0.2, 0.25) is 5.91 Å². The summed E-state index contributed by atoms with van der Waals surface area (Å²) >= 11 is 1.62. The second kappa shape index (κ2) is 3.87. The van der Waals surface area contributed by atoms with Crippen molar-refractivity contribution in [3.05, 3.63) is 34.9 Å². The van der Waals surface area contributed by atoms with Gasteiger partial charge in [-0.05, 0) is 25.0 Å². The average Bonchev–Trinajstić information content (AvgIpc) is 3.05. The molecule has 1 aliphatic carbocycles. The summed E-state index contributed by atoms with van der Waals surface area (Å²) < 4.78 is 0. The van der Waals surface area contributed by atoms with Crippen molar-refractivity contribution in [1.82, 2.24) is 4.90 Å². The lowest BCUT2D eigenvalue weighted by molar-refractivity contribution is -0.125. The molecule has 2 aliphatic heterocycles. The number of hydrogen-bond donors (Lipinski definition) is 2. The van der Waals surface area contributed by atoms with Gasteiger partial charge in [-0.3, -0.25) is 15.1 Å². The number of rotatable bonds is 1. The van der Waals surface area contributed by atoms with Gasteiger partial charge in [-0.15, -0.1) is 0 Å². The van der Waals surface area contributed by atoms with E-state index in [9.17, 15) is 4.79 Å². The molecule has 0 aromatic heterocycles. The molecule has 1 saturated heterocycles. The predicted octanol–water partition coefficient (Wildman–Crippen LogP) is 2.79. The Hall–Kier alpha value is -1.75. The van der Waals surface area contributed by atoms with Crippen molar-refractivity contribution in [3.63, 3.8) is 0 Å². The average molecular weight is 271 g/mol. The molecule has 19 heavy (non-hydrogen) atoms. The van der Waals surface area contributed by atoms with E-state index < -0.39 is 0 Å². The van der Waals surface area contributed by atoms with E-state index in [1.807, 2.05) is 18.2 Å². The molecule has 4 rings (SSSR count). The number of thioether (sulfide) groups is 1. The van der Waals surface area contributed by atoms with E-state index in [2.05, 4.69) is 11.4 Å². The van der Waals surface area contributed by atoms with Crippen LogP contribution in [0.1, 0.15) is 19.3 Å². The van der Waals surface area contributed by atoms with Crippen LogP contribution >= 0.6 is 11.8 Å². The monoisotopic (exact) mass is 271 g/mol. The second-order valence-corrected chi connectivity index (χ2v) is 6.10. The third-order valence-corrected chi connectivity index (χ3v) is 4.79. The van der Waals surface area contributed by atoms with Crippen LogP contribution in [-0.2, 0) is 4.79 Å². The van der Waals surface area contributed by atoms with Gasteiger partial charge in [-0.2, -0.15) is 0 Å². The van der Waals surface area contributed by atoms with Gasteiger partial charge in [0.05, 0.1) is 17.1 Å². The molecule has 2 fully saturated rings. The summed E-state index contributed by atoms with van der Waals surface area (Å²) in [4.78, 5) is 14.9. The fraction of sp³-hybridized carbons (Fsp3) is 0.286. The Morgan fingerprint density at radius 1 is 1.32 bits per heavy atom. The zero-order valence-electron chi connectivity index (χ0n) is 10.3. The maximum atomic E-state index is 12.0. The van der Waals surface area contributed by atoms with E-state index in [0.717, 1.165) is 34.0 Å². The first-order valence-corrected chi connectivity index (χ1v) is 7.24. The molecule has 1 amide bonds. The summed E-state index contributed by atoms with van der Waals surface area (Å²) in [5, 5.41) is 12.5. The Balaban J connectivity index is 1.69. The van der Waals surface area contributed by atoms with E-state index in [4.69, 9.17) is 5.41 Å². The summed E-state index contributed by atoms with van der Waals surface area (Å²) in [6.07, 6.45) is 2.44. The SMILES string of the molecule is N=C1/C(=C2/Nc3ccccc3S2)CC(=O)N1C1CC1. The van der Waals surface area contributed by atoms with Crippen LogP contribution in [0, 0.1) is 5.41 Å². The lowest BCUT2D eigenvalue weighted by atomic mass is 10.2. The number of para-hydroxylation sites is 1. The van der Waals surface area contributed by atoms with Gasteiger partial charge >= 0.3 is 0 Å². The molecule has 0 radical (unpaired) electrons. The highest BCUT2D eigenvalue weighted by Gasteiger charge is 2.42. The first-order valence-electron chi connectivity index (χ1n) is 6.42. The summed E-state index contributed by atoms with van der Waals surface area (Å²) in [5.41, 5.74) is 1.92. The minimum Gasteiger partial charge on any atom is -0.349 e. The second-order valence-electron chi connectivity index (χ2n) is 5.05. The number of fused-ring (bicyclic) bond motifs is 1. The third kappa shape index (κ3) is 1.69. The zero-order chi connectivity index (χ0) is 13.0.